The van der Waals surface area contributed by atoms with E-state index in [1.807, 2.05) is 6.92 Å². The zero-order valence-electron chi connectivity index (χ0n) is 14.0. The number of hydrogen-bond donors (Lipinski definition) is 1. The van der Waals surface area contributed by atoms with Crippen LogP contribution in [-0.4, -0.2) is 33.3 Å². The number of carbonyl (C=O) groups excluding carboxylic acids is 1. The second-order valence-corrected chi connectivity index (χ2v) is 4.84. The van der Waals surface area contributed by atoms with Gasteiger partial charge < -0.3 is 24.3 Å². The average molecular weight is 331 g/mol. The predicted molar refractivity (Wildman–Crippen MR) is 91.3 cm³/mol. The minimum Gasteiger partial charge on any atom is -0.497 e. The molecular formula is C18H21NO5. The Hall–Kier alpha value is -2.89. The van der Waals surface area contributed by atoms with Crippen LogP contribution in [0.5, 0.6) is 23.0 Å². The topological polar surface area (TPSA) is 66.0 Å². The highest BCUT2D eigenvalue weighted by molar-refractivity contribution is 5.92. The maximum atomic E-state index is 12.0. The molecule has 0 radical (unpaired) electrons. The van der Waals surface area contributed by atoms with Crippen LogP contribution >= 0.6 is 0 Å². The van der Waals surface area contributed by atoms with E-state index in [-0.39, 0.29) is 12.5 Å². The van der Waals surface area contributed by atoms with Crippen LogP contribution < -0.4 is 24.3 Å². The summed E-state index contributed by atoms with van der Waals surface area (Å²) in [5.74, 6) is 2.27. The largest absolute Gasteiger partial charge is 0.497 e. The van der Waals surface area contributed by atoms with Gasteiger partial charge in [0.2, 0.25) is 0 Å². The standard InChI is InChI=1S/C18H21NO5/c1-4-23-14-5-7-15(8-6-14)24-12-18(20)19-13-9-16(21-2)11-17(10-13)22-3/h5-11H,4,12H2,1-3H3,(H,19,20). The molecule has 0 aromatic heterocycles. The fraction of sp³-hybridized carbons (Fsp3) is 0.278. The van der Waals surface area contributed by atoms with Gasteiger partial charge in [0.05, 0.1) is 20.8 Å². The van der Waals surface area contributed by atoms with Crippen molar-refractivity contribution in [3.63, 3.8) is 0 Å². The molecule has 2 aromatic rings. The molecule has 0 aliphatic carbocycles. The van der Waals surface area contributed by atoms with Crippen LogP contribution in [0.25, 0.3) is 0 Å². The first-order valence-electron chi connectivity index (χ1n) is 7.53. The molecule has 0 fully saturated rings. The van der Waals surface area contributed by atoms with Gasteiger partial charge in [-0.25, -0.2) is 0 Å². The number of anilines is 1. The van der Waals surface area contributed by atoms with Gasteiger partial charge in [0.15, 0.2) is 6.61 Å². The minimum atomic E-state index is -0.279. The molecule has 1 amide bonds. The highest BCUT2D eigenvalue weighted by Gasteiger charge is 2.07. The van der Waals surface area contributed by atoms with E-state index < -0.39 is 0 Å². The molecule has 0 saturated heterocycles. The van der Waals surface area contributed by atoms with Gasteiger partial charge in [-0.15, -0.1) is 0 Å². The van der Waals surface area contributed by atoms with Crippen molar-refractivity contribution in [1.82, 2.24) is 0 Å². The lowest BCUT2D eigenvalue weighted by Gasteiger charge is -2.11. The molecule has 6 nitrogen and oxygen atoms in total. The molecule has 0 aliphatic rings. The van der Waals surface area contributed by atoms with Crippen LogP contribution in [0.15, 0.2) is 42.5 Å². The van der Waals surface area contributed by atoms with E-state index >= 15 is 0 Å². The van der Waals surface area contributed by atoms with Crippen molar-refractivity contribution < 1.29 is 23.7 Å². The second kappa shape index (κ2) is 8.67. The number of methoxy groups -OCH3 is 2. The maximum Gasteiger partial charge on any atom is 0.262 e. The quantitative estimate of drug-likeness (QED) is 0.805. The Morgan fingerprint density at radius 3 is 1.92 bits per heavy atom. The molecule has 0 aliphatic heterocycles. The number of amides is 1. The molecule has 0 saturated carbocycles. The van der Waals surface area contributed by atoms with Crippen LogP contribution in [0.4, 0.5) is 5.69 Å². The molecule has 0 bridgehead atoms. The lowest BCUT2D eigenvalue weighted by Crippen LogP contribution is -2.20. The average Bonchev–Trinajstić information content (AvgIpc) is 2.61. The van der Waals surface area contributed by atoms with Crippen molar-refractivity contribution >= 4 is 11.6 Å². The molecule has 0 atom stereocenters. The lowest BCUT2D eigenvalue weighted by molar-refractivity contribution is -0.118. The Balaban J connectivity index is 1.91. The fourth-order valence-corrected chi connectivity index (χ4v) is 2.02. The van der Waals surface area contributed by atoms with E-state index in [0.29, 0.717) is 29.5 Å². The molecule has 0 heterocycles. The van der Waals surface area contributed by atoms with Gasteiger partial charge in [-0.3, -0.25) is 4.79 Å². The normalized spacial score (nSPS) is 9.96. The van der Waals surface area contributed by atoms with Crippen molar-refractivity contribution in [2.75, 3.05) is 32.8 Å². The van der Waals surface area contributed by atoms with Crippen LogP contribution in [0.2, 0.25) is 0 Å². The Morgan fingerprint density at radius 2 is 1.42 bits per heavy atom. The number of ether oxygens (including phenoxy) is 4. The first-order valence-corrected chi connectivity index (χ1v) is 7.53. The molecule has 0 spiro atoms. The van der Waals surface area contributed by atoms with E-state index in [1.54, 1.807) is 56.7 Å². The summed E-state index contributed by atoms with van der Waals surface area (Å²) in [5, 5.41) is 2.74. The van der Waals surface area contributed by atoms with E-state index in [9.17, 15) is 4.79 Å². The van der Waals surface area contributed by atoms with Crippen molar-refractivity contribution in [2.24, 2.45) is 0 Å². The van der Waals surface area contributed by atoms with Crippen molar-refractivity contribution in [3.8, 4) is 23.0 Å². The summed E-state index contributed by atoms with van der Waals surface area (Å²) in [4.78, 5) is 12.0. The zero-order valence-corrected chi connectivity index (χ0v) is 14.0. The van der Waals surface area contributed by atoms with E-state index in [0.717, 1.165) is 5.75 Å². The third kappa shape index (κ3) is 5.08. The van der Waals surface area contributed by atoms with Gasteiger partial charge in [0.1, 0.15) is 23.0 Å². The molecule has 0 unspecified atom stereocenters. The van der Waals surface area contributed by atoms with Crippen LogP contribution in [0, 0.1) is 0 Å². The van der Waals surface area contributed by atoms with Gasteiger partial charge in [0, 0.05) is 23.9 Å². The first-order chi connectivity index (χ1) is 11.6. The number of rotatable bonds is 8. The predicted octanol–water partition coefficient (Wildman–Crippen LogP) is 3.12. The second-order valence-electron chi connectivity index (χ2n) is 4.84. The van der Waals surface area contributed by atoms with Gasteiger partial charge in [-0.2, -0.15) is 0 Å². The van der Waals surface area contributed by atoms with Crippen molar-refractivity contribution in [3.05, 3.63) is 42.5 Å². The van der Waals surface area contributed by atoms with Crippen molar-refractivity contribution in [2.45, 2.75) is 6.92 Å². The molecule has 2 rings (SSSR count). The third-order valence-corrected chi connectivity index (χ3v) is 3.14. The molecule has 2 aromatic carbocycles. The fourth-order valence-electron chi connectivity index (χ4n) is 2.02. The number of nitrogens with one attached hydrogen (secondary N) is 1. The SMILES string of the molecule is CCOc1ccc(OCC(=O)Nc2cc(OC)cc(OC)c2)cc1. The monoisotopic (exact) mass is 331 g/mol. The Bertz CT molecular complexity index is 647. The summed E-state index contributed by atoms with van der Waals surface area (Å²) in [6.07, 6.45) is 0. The third-order valence-electron chi connectivity index (χ3n) is 3.14. The summed E-state index contributed by atoms with van der Waals surface area (Å²) in [6, 6.07) is 12.2. The van der Waals surface area contributed by atoms with Crippen LogP contribution in [-0.2, 0) is 4.79 Å². The van der Waals surface area contributed by atoms with Crippen LogP contribution in [0.3, 0.4) is 0 Å². The molecule has 1 N–H and O–H groups in total. The molecule has 128 valence electrons. The lowest BCUT2D eigenvalue weighted by atomic mass is 10.2. The van der Waals surface area contributed by atoms with Gasteiger partial charge in [-0.05, 0) is 31.2 Å². The van der Waals surface area contributed by atoms with E-state index in [1.165, 1.54) is 0 Å². The van der Waals surface area contributed by atoms with Gasteiger partial charge >= 0.3 is 0 Å². The van der Waals surface area contributed by atoms with Crippen molar-refractivity contribution in [1.29, 1.82) is 0 Å². The first kappa shape index (κ1) is 17.5. The highest BCUT2D eigenvalue weighted by Crippen LogP contribution is 2.25. The number of benzene rings is 2. The maximum absolute atomic E-state index is 12.0. The smallest absolute Gasteiger partial charge is 0.262 e. The number of carbonyl (C=O) groups is 1. The summed E-state index contributed by atoms with van der Waals surface area (Å²) < 4.78 is 21.1. The Labute approximate surface area is 141 Å². The van der Waals surface area contributed by atoms with Gasteiger partial charge in [0.25, 0.3) is 5.91 Å². The summed E-state index contributed by atoms with van der Waals surface area (Å²) in [6.45, 7) is 2.42. The minimum absolute atomic E-state index is 0.104. The van der Waals surface area contributed by atoms with Crippen LogP contribution in [0.1, 0.15) is 6.92 Å². The summed E-state index contributed by atoms with van der Waals surface area (Å²) >= 11 is 0. The molecular weight excluding hydrogens is 310 g/mol. The molecule has 6 heteroatoms. The zero-order chi connectivity index (χ0) is 17.4. The summed E-state index contributed by atoms with van der Waals surface area (Å²) in [7, 11) is 3.10. The Morgan fingerprint density at radius 1 is 0.875 bits per heavy atom. The Kier molecular flexibility index (Phi) is 6.31. The van der Waals surface area contributed by atoms with Gasteiger partial charge in [-0.1, -0.05) is 0 Å². The number of hydrogen-bond acceptors (Lipinski definition) is 5. The molecule has 24 heavy (non-hydrogen) atoms. The highest BCUT2D eigenvalue weighted by atomic mass is 16.5. The summed E-state index contributed by atoms with van der Waals surface area (Å²) in [5.41, 5.74) is 0.575. The van der Waals surface area contributed by atoms with E-state index in [2.05, 4.69) is 5.32 Å². The van der Waals surface area contributed by atoms with E-state index in [4.69, 9.17) is 18.9 Å².